The van der Waals surface area contributed by atoms with Crippen LogP contribution in [0.1, 0.15) is 12.8 Å². The molecule has 48 valence electrons. The third-order valence-electron chi connectivity index (χ3n) is 2.06. The molecule has 1 heteroatoms. The van der Waals surface area contributed by atoms with Crippen LogP contribution in [-0.4, -0.2) is 12.2 Å². The number of epoxide rings is 1. The van der Waals surface area contributed by atoms with Crippen LogP contribution < -0.4 is 0 Å². The van der Waals surface area contributed by atoms with Gasteiger partial charge in [0.05, 0.1) is 0 Å². The van der Waals surface area contributed by atoms with E-state index in [1.165, 1.54) is 11.1 Å². The van der Waals surface area contributed by atoms with Gasteiger partial charge in [-0.15, -0.1) is 0 Å². The molecule has 1 nitrogen and oxygen atoms in total. The number of fused-ring (bicyclic) bond motifs is 1. The van der Waals surface area contributed by atoms with Crippen molar-refractivity contribution in [3.63, 3.8) is 0 Å². The average molecular weight is 122 g/mol. The molecule has 0 amide bonds. The Morgan fingerprint density at radius 3 is 2.00 bits per heavy atom. The quantitative estimate of drug-likeness (QED) is 0.351. The number of ether oxygens (including phenoxy) is 1. The van der Waals surface area contributed by atoms with Crippen molar-refractivity contribution in [1.82, 2.24) is 0 Å². The summed E-state index contributed by atoms with van der Waals surface area (Å²) in [6, 6.07) is 0. The lowest BCUT2D eigenvalue weighted by molar-refractivity contribution is 0.406. The lowest BCUT2D eigenvalue weighted by atomic mass is 9.93. The van der Waals surface area contributed by atoms with E-state index in [2.05, 4.69) is 13.2 Å². The van der Waals surface area contributed by atoms with Crippen molar-refractivity contribution in [2.75, 3.05) is 0 Å². The lowest BCUT2D eigenvalue weighted by Crippen LogP contribution is -2.06. The van der Waals surface area contributed by atoms with E-state index in [0.717, 1.165) is 12.8 Å². The minimum absolute atomic E-state index is 0.353. The molecule has 2 unspecified atom stereocenters. The smallest absolute Gasteiger partial charge is 0.109 e. The molecular formula is C8H10O. The topological polar surface area (TPSA) is 12.5 Å². The van der Waals surface area contributed by atoms with Crippen LogP contribution in [0.15, 0.2) is 24.3 Å². The Morgan fingerprint density at radius 1 is 1.11 bits per heavy atom. The minimum Gasteiger partial charge on any atom is -0.360 e. The van der Waals surface area contributed by atoms with Crippen LogP contribution in [0, 0.1) is 0 Å². The van der Waals surface area contributed by atoms with E-state index in [9.17, 15) is 0 Å². The fourth-order valence-electron chi connectivity index (χ4n) is 1.34. The molecule has 2 aliphatic rings. The van der Waals surface area contributed by atoms with Gasteiger partial charge in [-0.3, -0.25) is 0 Å². The van der Waals surface area contributed by atoms with Gasteiger partial charge in [0.25, 0.3) is 0 Å². The van der Waals surface area contributed by atoms with Crippen LogP contribution >= 0.6 is 0 Å². The first kappa shape index (κ1) is 5.24. The largest absolute Gasteiger partial charge is 0.360 e. The summed E-state index contributed by atoms with van der Waals surface area (Å²) in [7, 11) is 0. The molecule has 0 aromatic rings. The zero-order chi connectivity index (χ0) is 6.43. The van der Waals surface area contributed by atoms with Gasteiger partial charge in [-0.2, -0.15) is 0 Å². The van der Waals surface area contributed by atoms with Crippen molar-refractivity contribution in [1.29, 1.82) is 0 Å². The second-order valence-corrected chi connectivity index (χ2v) is 2.79. The average Bonchev–Trinajstić information content (AvgIpc) is 2.57. The third kappa shape index (κ3) is 0.648. The Bertz CT molecular complexity index is 161. The zero-order valence-electron chi connectivity index (χ0n) is 5.39. The van der Waals surface area contributed by atoms with E-state index in [-0.39, 0.29) is 0 Å². The highest BCUT2D eigenvalue weighted by Crippen LogP contribution is 2.41. The number of hydrogen-bond donors (Lipinski definition) is 0. The fourth-order valence-corrected chi connectivity index (χ4v) is 1.34. The fraction of sp³-hybridized carbons (Fsp3) is 0.500. The summed E-state index contributed by atoms with van der Waals surface area (Å²) in [6.07, 6.45) is 2.87. The van der Waals surface area contributed by atoms with Gasteiger partial charge in [-0.1, -0.05) is 13.2 Å². The Balaban J connectivity index is 2.17. The van der Waals surface area contributed by atoms with Gasteiger partial charge >= 0.3 is 0 Å². The summed E-state index contributed by atoms with van der Waals surface area (Å²) in [5, 5.41) is 0. The third-order valence-corrected chi connectivity index (χ3v) is 2.06. The summed E-state index contributed by atoms with van der Waals surface area (Å²) in [4.78, 5) is 0. The highest BCUT2D eigenvalue weighted by molar-refractivity contribution is 5.29. The van der Waals surface area contributed by atoms with Crippen LogP contribution in [-0.2, 0) is 4.74 Å². The number of hydrogen-bond acceptors (Lipinski definition) is 1. The maximum absolute atomic E-state index is 5.30. The van der Waals surface area contributed by atoms with E-state index < -0.39 is 0 Å². The van der Waals surface area contributed by atoms with Crippen LogP contribution in [0.3, 0.4) is 0 Å². The summed E-state index contributed by atoms with van der Waals surface area (Å²) in [5.74, 6) is 0. The Hall–Kier alpha value is -0.560. The predicted octanol–water partition coefficient (Wildman–Crippen LogP) is 1.66. The lowest BCUT2D eigenvalue weighted by Gasteiger charge is -2.08. The maximum atomic E-state index is 5.30. The number of rotatable bonds is 0. The maximum Gasteiger partial charge on any atom is 0.109 e. The molecular weight excluding hydrogens is 112 g/mol. The SMILES string of the molecule is C=C1CCC(=C)C2OC12. The summed E-state index contributed by atoms with van der Waals surface area (Å²) < 4.78 is 5.30. The van der Waals surface area contributed by atoms with E-state index in [0.29, 0.717) is 12.2 Å². The minimum atomic E-state index is 0.353. The molecule has 1 saturated carbocycles. The molecule has 0 spiro atoms. The Kier molecular flexibility index (Phi) is 0.862. The zero-order valence-corrected chi connectivity index (χ0v) is 5.39. The van der Waals surface area contributed by atoms with Crippen molar-refractivity contribution in [2.24, 2.45) is 0 Å². The van der Waals surface area contributed by atoms with Crippen LogP contribution in [0.5, 0.6) is 0 Å². The molecule has 2 fully saturated rings. The van der Waals surface area contributed by atoms with Gasteiger partial charge in [0.15, 0.2) is 0 Å². The van der Waals surface area contributed by atoms with Crippen molar-refractivity contribution >= 4 is 0 Å². The second-order valence-electron chi connectivity index (χ2n) is 2.79. The van der Waals surface area contributed by atoms with Gasteiger partial charge < -0.3 is 4.74 Å². The normalized spacial score (nSPS) is 40.4. The monoisotopic (exact) mass is 122 g/mol. The molecule has 9 heavy (non-hydrogen) atoms. The van der Waals surface area contributed by atoms with Crippen LogP contribution in [0.4, 0.5) is 0 Å². The van der Waals surface area contributed by atoms with Crippen molar-refractivity contribution < 1.29 is 4.74 Å². The summed E-state index contributed by atoms with van der Waals surface area (Å²) >= 11 is 0. The molecule has 2 atom stereocenters. The van der Waals surface area contributed by atoms with Crippen LogP contribution in [0.2, 0.25) is 0 Å². The van der Waals surface area contributed by atoms with Gasteiger partial charge in [0.1, 0.15) is 12.2 Å². The molecule has 0 radical (unpaired) electrons. The molecule has 2 rings (SSSR count). The summed E-state index contributed by atoms with van der Waals surface area (Å²) in [6.45, 7) is 7.81. The second kappa shape index (κ2) is 1.48. The van der Waals surface area contributed by atoms with Crippen molar-refractivity contribution in [2.45, 2.75) is 25.0 Å². The highest BCUT2D eigenvalue weighted by Gasteiger charge is 2.45. The van der Waals surface area contributed by atoms with Crippen molar-refractivity contribution in [3.05, 3.63) is 24.3 Å². The standard InChI is InChI=1S/C8H10O/c1-5-3-4-6(2)8-7(5)9-8/h7-8H,1-4H2. The molecule has 1 aliphatic heterocycles. The summed E-state index contributed by atoms with van der Waals surface area (Å²) in [5.41, 5.74) is 2.51. The Labute approximate surface area is 55.0 Å². The van der Waals surface area contributed by atoms with E-state index >= 15 is 0 Å². The molecule has 1 aliphatic carbocycles. The first-order chi connectivity index (χ1) is 4.29. The highest BCUT2D eigenvalue weighted by atomic mass is 16.6. The van der Waals surface area contributed by atoms with E-state index in [1.54, 1.807) is 0 Å². The predicted molar refractivity (Wildman–Crippen MR) is 36.2 cm³/mol. The molecule has 0 bridgehead atoms. The Morgan fingerprint density at radius 2 is 1.56 bits per heavy atom. The van der Waals surface area contributed by atoms with E-state index in [4.69, 9.17) is 4.74 Å². The molecule has 0 aromatic carbocycles. The molecule has 1 heterocycles. The molecule has 0 aromatic heterocycles. The first-order valence-corrected chi connectivity index (χ1v) is 3.30. The molecule has 0 N–H and O–H groups in total. The van der Waals surface area contributed by atoms with Gasteiger partial charge in [-0.05, 0) is 24.0 Å². The molecule has 1 saturated heterocycles. The van der Waals surface area contributed by atoms with Crippen molar-refractivity contribution in [3.8, 4) is 0 Å². The van der Waals surface area contributed by atoms with Crippen LogP contribution in [0.25, 0.3) is 0 Å². The van der Waals surface area contributed by atoms with Gasteiger partial charge in [-0.25, -0.2) is 0 Å². The van der Waals surface area contributed by atoms with E-state index in [1.807, 2.05) is 0 Å². The van der Waals surface area contributed by atoms with Gasteiger partial charge in [0, 0.05) is 0 Å². The first-order valence-electron chi connectivity index (χ1n) is 3.30. The van der Waals surface area contributed by atoms with Gasteiger partial charge in [0.2, 0.25) is 0 Å².